The van der Waals surface area contributed by atoms with Crippen LogP contribution in [0.5, 0.6) is 5.75 Å². The van der Waals surface area contributed by atoms with Crippen molar-refractivity contribution < 1.29 is 23.5 Å². The fourth-order valence-corrected chi connectivity index (χ4v) is 6.42. The SMILES string of the molecule is COc1ccc2c(c1F)C(=O)N(C[C@](C)(C#Cc1ccc(CN3CCN(C4CCCCC4)CC3)cc1)C(=O)NC(C)=O)C2. The van der Waals surface area contributed by atoms with Crippen LogP contribution in [0.4, 0.5) is 4.39 Å². The Morgan fingerprint density at radius 3 is 2.40 bits per heavy atom. The molecule has 1 atom stereocenters. The van der Waals surface area contributed by atoms with Crippen LogP contribution in [-0.4, -0.2) is 78.3 Å². The predicted octanol–water partition coefficient (Wildman–Crippen LogP) is 3.96. The van der Waals surface area contributed by atoms with Crippen molar-refractivity contribution >= 4 is 17.7 Å². The number of amides is 3. The molecular formula is C34H41FN4O4. The second kappa shape index (κ2) is 13.3. The van der Waals surface area contributed by atoms with Crippen LogP contribution in [0.1, 0.15) is 73.0 Å². The molecule has 0 spiro atoms. The smallest absolute Gasteiger partial charge is 0.257 e. The van der Waals surface area contributed by atoms with Gasteiger partial charge < -0.3 is 9.64 Å². The Labute approximate surface area is 253 Å². The second-order valence-electron chi connectivity index (χ2n) is 12.2. The summed E-state index contributed by atoms with van der Waals surface area (Å²) in [7, 11) is 1.34. The Bertz CT molecular complexity index is 1420. The topological polar surface area (TPSA) is 82.2 Å². The number of hydrogen-bond donors (Lipinski definition) is 1. The molecule has 0 bridgehead atoms. The molecule has 9 heteroatoms. The van der Waals surface area contributed by atoms with Gasteiger partial charge in [0.05, 0.1) is 12.7 Å². The Hall–Kier alpha value is -3.74. The Morgan fingerprint density at radius 2 is 1.74 bits per heavy atom. The van der Waals surface area contributed by atoms with Crippen molar-refractivity contribution in [1.29, 1.82) is 0 Å². The predicted molar refractivity (Wildman–Crippen MR) is 162 cm³/mol. The summed E-state index contributed by atoms with van der Waals surface area (Å²) in [4.78, 5) is 44.6. The third-order valence-corrected chi connectivity index (χ3v) is 8.91. The van der Waals surface area contributed by atoms with Crippen LogP contribution in [0.3, 0.4) is 0 Å². The number of rotatable bonds is 7. The van der Waals surface area contributed by atoms with E-state index in [4.69, 9.17) is 4.74 Å². The quantitative estimate of drug-likeness (QED) is 0.494. The number of hydrogen-bond acceptors (Lipinski definition) is 6. The van der Waals surface area contributed by atoms with Crippen molar-refractivity contribution in [3.05, 3.63) is 64.5 Å². The van der Waals surface area contributed by atoms with E-state index >= 15 is 0 Å². The Balaban J connectivity index is 1.25. The molecule has 1 saturated carbocycles. The van der Waals surface area contributed by atoms with Gasteiger partial charge >= 0.3 is 0 Å². The average Bonchev–Trinajstić information content (AvgIpc) is 3.32. The summed E-state index contributed by atoms with van der Waals surface area (Å²) in [6.07, 6.45) is 6.79. The highest BCUT2D eigenvalue weighted by Crippen LogP contribution is 2.33. The highest BCUT2D eigenvalue weighted by atomic mass is 19.1. The van der Waals surface area contributed by atoms with Gasteiger partial charge in [0.15, 0.2) is 11.6 Å². The monoisotopic (exact) mass is 588 g/mol. The minimum Gasteiger partial charge on any atom is -0.494 e. The van der Waals surface area contributed by atoms with Gasteiger partial charge in [0.25, 0.3) is 5.91 Å². The molecule has 2 fully saturated rings. The lowest BCUT2D eigenvalue weighted by Gasteiger charge is -2.40. The highest BCUT2D eigenvalue weighted by molar-refractivity contribution is 6.01. The normalized spacial score (nSPS) is 19.3. The molecule has 228 valence electrons. The molecule has 0 unspecified atom stereocenters. The Kier molecular flexibility index (Phi) is 9.48. The summed E-state index contributed by atoms with van der Waals surface area (Å²) in [6, 6.07) is 11.9. The fraction of sp³-hybridized carbons (Fsp3) is 0.500. The van der Waals surface area contributed by atoms with Gasteiger partial charge in [0.1, 0.15) is 5.41 Å². The number of nitrogens with zero attached hydrogens (tertiary/aromatic N) is 3. The number of piperazine rings is 1. The summed E-state index contributed by atoms with van der Waals surface area (Å²) in [5.74, 6) is 3.69. The lowest BCUT2D eigenvalue weighted by molar-refractivity contribution is -0.133. The van der Waals surface area contributed by atoms with Gasteiger partial charge in [-0.3, -0.25) is 29.5 Å². The fourth-order valence-electron chi connectivity index (χ4n) is 6.42. The molecule has 1 aliphatic carbocycles. The molecule has 2 aromatic carbocycles. The first kappa shape index (κ1) is 30.7. The van der Waals surface area contributed by atoms with Crippen molar-refractivity contribution in [1.82, 2.24) is 20.0 Å². The largest absolute Gasteiger partial charge is 0.494 e. The maximum absolute atomic E-state index is 14.9. The molecular weight excluding hydrogens is 547 g/mol. The zero-order valence-corrected chi connectivity index (χ0v) is 25.4. The van der Waals surface area contributed by atoms with E-state index in [0.717, 1.165) is 44.3 Å². The van der Waals surface area contributed by atoms with Crippen LogP contribution >= 0.6 is 0 Å². The molecule has 1 N–H and O–H groups in total. The minimum absolute atomic E-state index is 0.0176. The summed E-state index contributed by atoms with van der Waals surface area (Å²) >= 11 is 0. The van der Waals surface area contributed by atoms with Crippen molar-refractivity contribution in [2.45, 2.75) is 65.1 Å². The number of imide groups is 1. The van der Waals surface area contributed by atoms with Crippen LogP contribution in [0.2, 0.25) is 0 Å². The number of ether oxygens (including phenoxy) is 1. The molecule has 0 radical (unpaired) electrons. The van der Waals surface area contributed by atoms with E-state index in [1.54, 1.807) is 13.0 Å². The Morgan fingerprint density at radius 1 is 1.05 bits per heavy atom. The van der Waals surface area contributed by atoms with Crippen molar-refractivity contribution in [3.63, 3.8) is 0 Å². The summed E-state index contributed by atoms with van der Waals surface area (Å²) in [5.41, 5.74) is 0.955. The molecule has 0 aromatic heterocycles. The number of nitrogens with one attached hydrogen (secondary N) is 1. The lowest BCUT2D eigenvalue weighted by Crippen LogP contribution is -2.50. The van der Waals surface area contributed by atoms with Crippen LogP contribution in [0.15, 0.2) is 36.4 Å². The molecule has 3 aliphatic rings. The molecule has 8 nitrogen and oxygen atoms in total. The van der Waals surface area contributed by atoms with E-state index in [1.807, 2.05) is 12.1 Å². The lowest BCUT2D eigenvalue weighted by atomic mass is 9.88. The molecule has 2 aromatic rings. The molecule has 2 aliphatic heterocycles. The average molecular weight is 589 g/mol. The summed E-state index contributed by atoms with van der Waals surface area (Å²) < 4.78 is 19.9. The maximum Gasteiger partial charge on any atom is 0.257 e. The molecule has 2 heterocycles. The zero-order chi connectivity index (χ0) is 30.6. The van der Waals surface area contributed by atoms with E-state index in [9.17, 15) is 18.8 Å². The van der Waals surface area contributed by atoms with E-state index in [2.05, 4.69) is 39.1 Å². The highest BCUT2D eigenvalue weighted by Gasteiger charge is 2.40. The van der Waals surface area contributed by atoms with Crippen LogP contribution in [-0.2, 0) is 22.7 Å². The molecule has 43 heavy (non-hydrogen) atoms. The number of carbonyl (C=O) groups excluding carboxylic acids is 3. The van der Waals surface area contributed by atoms with Gasteiger partial charge in [-0.2, -0.15) is 0 Å². The van der Waals surface area contributed by atoms with E-state index in [0.29, 0.717) is 5.56 Å². The first-order chi connectivity index (χ1) is 20.7. The van der Waals surface area contributed by atoms with Gasteiger partial charge in [-0.25, -0.2) is 4.39 Å². The number of halogens is 1. The van der Waals surface area contributed by atoms with Gasteiger partial charge in [0.2, 0.25) is 11.8 Å². The second-order valence-corrected chi connectivity index (χ2v) is 12.2. The zero-order valence-electron chi connectivity index (χ0n) is 25.4. The molecule has 1 saturated heterocycles. The first-order valence-corrected chi connectivity index (χ1v) is 15.2. The van der Waals surface area contributed by atoms with E-state index in [1.165, 1.54) is 62.7 Å². The number of carbonyl (C=O) groups is 3. The maximum atomic E-state index is 14.9. The minimum atomic E-state index is -1.42. The standard InChI is InChI=1S/C34H41FN4O4/c1-24(40)36-33(42)34(2,23-39-22-27-13-14-29(43-3)31(35)30(27)32(39)41)16-15-25-9-11-26(12-10-25)21-37-17-19-38(20-18-37)28-7-5-4-6-8-28/h9-14,28H,4-8,17-23H2,1-3H3,(H,36,40,42)/t34-/m0/s1. The summed E-state index contributed by atoms with van der Waals surface area (Å²) in [6.45, 7) is 8.12. The van der Waals surface area contributed by atoms with Gasteiger partial charge in [-0.1, -0.05) is 49.3 Å². The van der Waals surface area contributed by atoms with Crippen LogP contribution < -0.4 is 10.1 Å². The van der Waals surface area contributed by atoms with E-state index < -0.39 is 29.0 Å². The van der Waals surface area contributed by atoms with Crippen molar-refractivity contribution in [2.75, 3.05) is 39.8 Å². The third kappa shape index (κ3) is 7.09. The molecule has 5 rings (SSSR count). The van der Waals surface area contributed by atoms with Gasteiger partial charge in [-0.05, 0) is 49.1 Å². The van der Waals surface area contributed by atoms with Crippen LogP contribution in [0, 0.1) is 23.1 Å². The first-order valence-electron chi connectivity index (χ1n) is 15.2. The van der Waals surface area contributed by atoms with Crippen molar-refractivity contribution in [2.24, 2.45) is 5.41 Å². The number of benzene rings is 2. The number of fused-ring (bicyclic) bond motifs is 1. The van der Waals surface area contributed by atoms with Gasteiger partial charge in [-0.15, -0.1) is 0 Å². The van der Waals surface area contributed by atoms with Crippen molar-refractivity contribution in [3.8, 4) is 17.6 Å². The summed E-state index contributed by atoms with van der Waals surface area (Å²) in [5, 5.41) is 2.32. The molecule has 3 amide bonds. The van der Waals surface area contributed by atoms with Crippen LogP contribution in [0.25, 0.3) is 0 Å². The third-order valence-electron chi connectivity index (χ3n) is 8.91. The van der Waals surface area contributed by atoms with E-state index in [-0.39, 0.29) is 24.4 Å². The number of methoxy groups -OCH3 is 1. The van der Waals surface area contributed by atoms with Gasteiger partial charge in [0, 0.05) is 64.3 Å².